The van der Waals surface area contributed by atoms with E-state index in [0.29, 0.717) is 17.8 Å². The maximum Gasteiger partial charge on any atom is 0.312 e. The molecular formula is C57H89N11O15S2. The highest BCUT2D eigenvalue weighted by atomic mass is 32.2. The lowest BCUT2D eigenvalue weighted by Gasteiger charge is -2.38. The number of likely N-dealkylation sites (tertiary alicyclic amines) is 1. The summed E-state index contributed by atoms with van der Waals surface area (Å²) in [5, 5.41) is 15.5. The molecule has 1 aromatic heterocycles. The van der Waals surface area contributed by atoms with Crippen molar-refractivity contribution in [3.63, 3.8) is 0 Å². The van der Waals surface area contributed by atoms with E-state index in [1.165, 1.54) is 41.8 Å². The van der Waals surface area contributed by atoms with E-state index < -0.39 is 75.6 Å². The molecule has 4 rings (SSSR count). The second kappa shape index (κ2) is 35.9. The number of benzene rings is 1. The molecule has 0 spiro atoms. The third kappa shape index (κ3) is 23.8. The predicted octanol–water partition coefficient (Wildman–Crippen LogP) is 2.75. The first-order valence-electron chi connectivity index (χ1n) is 29.0. The number of thiazole rings is 1. The van der Waals surface area contributed by atoms with Crippen LogP contribution in [-0.2, 0) is 68.3 Å². The summed E-state index contributed by atoms with van der Waals surface area (Å²) in [7, 11) is -0.721. The van der Waals surface area contributed by atoms with Crippen molar-refractivity contribution in [3.8, 4) is 0 Å². The third-order valence-electron chi connectivity index (χ3n) is 14.6. The number of primary amides is 1. The van der Waals surface area contributed by atoms with E-state index >= 15 is 0 Å². The minimum Gasteiger partial charge on any atom is -0.379 e. The fourth-order valence-corrected chi connectivity index (χ4v) is 11.5. The molecule has 7 atom stereocenters. The first kappa shape index (κ1) is 71.1. The topological polar surface area (TPSA) is 346 Å². The van der Waals surface area contributed by atoms with E-state index in [1.54, 1.807) is 25.8 Å². The lowest BCUT2D eigenvalue weighted by molar-refractivity contribution is -0.141. The second-order valence-electron chi connectivity index (χ2n) is 21.8. The van der Waals surface area contributed by atoms with Gasteiger partial charge in [0.1, 0.15) is 34.9 Å². The second-order valence-corrected chi connectivity index (χ2v) is 24.4. The Hall–Kier alpha value is -6.43. The Kier molecular flexibility index (Phi) is 30.0. The van der Waals surface area contributed by atoms with Crippen LogP contribution in [0.15, 0.2) is 41.8 Å². The number of ether oxygens (including phenoxy) is 4. The normalized spacial score (nSPS) is 16.7. The molecule has 8 N–H and O–H groups in total. The largest absolute Gasteiger partial charge is 0.379 e. The number of hydrogen-bond acceptors (Lipinski definition) is 18. The average molecular weight is 1230 g/mol. The van der Waals surface area contributed by atoms with Crippen LogP contribution < -0.4 is 37.0 Å². The Bertz CT molecular complexity index is 2690. The van der Waals surface area contributed by atoms with Gasteiger partial charge in [0.05, 0.1) is 58.0 Å². The molecule has 1 fully saturated rings. The lowest BCUT2D eigenvalue weighted by atomic mass is 9.92. The van der Waals surface area contributed by atoms with Crippen molar-refractivity contribution in [1.82, 2.24) is 45.7 Å². The molecular weight excluding hydrogens is 1140 g/mol. The van der Waals surface area contributed by atoms with Crippen molar-refractivity contribution < 1.29 is 70.5 Å². The minimum absolute atomic E-state index is 0.0175. The highest BCUT2D eigenvalue weighted by molar-refractivity contribution is 7.89. The maximum absolute atomic E-state index is 14.3. The maximum atomic E-state index is 14.3. The number of carbonyl (C=O) groups excluding carboxylic acids is 9. The quantitative estimate of drug-likeness (QED) is 0.0375. The Morgan fingerprint density at radius 2 is 1.53 bits per heavy atom. The average Bonchev–Trinajstić information content (AvgIpc) is 4.31. The molecule has 0 bridgehead atoms. The zero-order valence-electron chi connectivity index (χ0n) is 50.5. The number of aromatic nitrogens is 1. The lowest BCUT2D eigenvalue weighted by Crippen LogP contribution is -2.58. The summed E-state index contributed by atoms with van der Waals surface area (Å²) in [6.07, 6.45) is 5.50. The number of nitrogens with one attached hydrogen (secondary N) is 6. The number of sulfonamides is 1. The molecule has 1 saturated heterocycles. The van der Waals surface area contributed by atoms with Gasteiger partial charge >= 0.3 is 6.03 Å². The van der Waals surface area contributed by atoms with Gasteiger partial charge in [0.25, 0.3) is 17.7 Å². The molecule has 1 aromatic carbocycles. The first-order valence-corrected chi connectivity index (χ1v) is 31.6. The van der Waals surface area contributed by atoms with Gasteiger partial charge in [-0.2, -0.15) is 0 Å². The molecule has 0 radical (unpaired) electrons. The fraction of sp³-hybridized carbons (Fsp3) is 0.649. The number of urea groups is 1. The van der Waals surface area contributed by atoms with Crippen LogP contribution in [0.25, 0.3) is 0 Å². The van der Waals surface area contributed by atoms with Gasteiger partial charge in [-0.25, -0.2) is 22.9 Å². The molecule has 0 saturated carbocycles. The van der Waals surface area contributed by atoms with Crippen molar-refractivity contribution in [2.24, 2.45) is 23.5 Å². The van der Waals surface area contributed by atoms with E-state index in [0.717, 1.165) is 42.0 Å². The summed E-state index contributed by atoms with van der Waals surface area (Å²) >= 11 is 1.12. The van der Waals surface area contributed by atoms with E-state index in [-0.39, 0.29) is 143 Å². The summed E-state index contributed by atoms with van der Waals surface area (Å²) in [6, 6.07) is 1.41. The summed E-state index contributed by atoms with van der Waals surface area (Å²) in [6.45, 7) is 15.4. The number of likely N-dealkylation sites (N-methyl/N-ethyl adjacent to an activating group) is 2. The predicted molar refractivity (Wildman–Crippen MR) is 318 cm³/mol. The van der Waals surface area contributed by atoms with E-state index in [1.807, 2.05) is 46.6 Å². The number of anilines is 1. The Morgan fingerprint density at radius 3 is 2.15 bits per heavy atom. The Labute approximate surface area is 503 Å². The number of nitrogens with zero attached hydrogens (tertiary/aromatic N) is 4. The molecule has 2 aliphatic heterocycles. The van der Waals surface area contributed by atoms with Gasteiger partial charge in [-0.3, -0.25) is 48.2 Å². The zero-order chi connectivity index (χ0) is 62.8. The molecule has 26 nitrogen and oxygen atoms in total. The van der Waals surface area contributed by atoms with E-state index in [4.69, 9.17) is 24.7 Å². The highest BCUT2D eigenvalue weighted by Crippen LogP contribution is 2.31. The van der Waals surface area contributed by atoms with Crippen molar-refractivity contribution in [2.75, 3.05) is 85.3 Å². The van der Waals surface area contributed by atoms with Crippen LogP contribution >= 0.6 is 11.3 Å². The van der Waals surface area contributed by atoms with Gasteiger partial charge in [0.2, 0.25) is 39.6 Å². The molecule has 0 aliphatic carbocycles. The molecule has 474 valence electrons. The summed E-state index contributed by atoms with van der Waals surface area (Å²) in [5.74, 6) is -5.28. The van der Waals surface area contributed by atoms with Crippen LogP contribution in [0, 0.1) is 17.8 Å². The number of nitrogens with two attached hydrogens (primary N) is 1. The van der Waals surface area contributed by atoms with Gasteiger partial charge in [-0.15, -0.1) is 11.3 Å². The summed E-state index contributed by atoms with van der Waals surface area (Å²) in [4.78, 5) is 126. The van der Waals surface area contributed by atoms with E-state index in [9.17, 15) is 51.6 Å². The van der Waals surface area contributed by atoms with Crippen molar-refractivity contribution in [3.05, 3.63) is 58.1 Å². The molecule has 28 heteroatoms. The van der Waals surface area contributed by atoms with Crippen LogP contribution in [0.5, 0.6) is 0 Å². The molecule has 2 aliphatic rings. The molecule has 85 heavy (non-hydrogen) atoms. The zero-order valence-corrected chi connectivity index (χ0v) is 52.1. The standard InChI is InChI=1S/C57H89N11O15S2/c1-10-38(7)50(64-53(74)43-19-12-13-24-66(43)8)56(76)67(9)44(36(3)4)33-45(83-11-2)55-62-42(34-84-55)52(73)65-85(78,79)35-39-16-14-17-40(32-39)60-51(72)41(18-15-23-59-57(58)77)61-54(75)49(37(5)6)63-46(69)22-26-80-28-30-82-31-29-81-27-25-68-47(70)20-21-48(68)71/h14,16-17,20-21,32,34,36-38,41,43-45,49-50H,10-13,15,18-19,22-31,33,35H2,1-9H3,(H,60,72)(H,61,75)(H,63,69)(H,64,74)(H,65,73)(H3,58,59,77)/t38-,41-,43+,44+,45+,49-,50-/m0/s1. The van der Waals surface area contributed by atoms with Gasteiger partial charge in [-0.1, -0.05) is 66.5 Å². The monoisotopic (exact) mass is 1230 g/mol. The van der Waals surface area contributed by atoms with Gasteiger partial charge < -0.3 is 56.2 Å². The van der Waals surface area contributed by atoms with E-state index in [2.05, 4.69) is 36.3 Å². The summed E-state index contributed by atoms with van der Waals surface area (Å²) in [5.41, 5.74) is 5.42. The van der Waals surface area contributed by atoms with Gasteiger partial charge in [0, 0.05) is 62.3 Å². The van der Waals surface area contributed by atoms with Crippen LogP contribution in [0.3, 0.4) is 0 Å². The van der Waals surface area contributed by atoms with Crippen LogP contribution in [0.4, 0.5) is 10.5 Å². The molecule has 2 aromatic rings. The Morgan fingerprint density at radius 1 is 0.859 bits per heavy atom. The number of amides is 10. The third-order valence-corrected chi connectivity index (χ3v) is 16.7. The van der Waals surface area contributed by atoms with Crippen LogP contribution in [0.2, 0.25) is 0 Å². The number of rotatable bonds is 38. The van der Waals surface area contributed by atoms with Crippen molar-refractivity contribution >= 4 is 80.3 Å². The summed E-state index contributed by atoms with van der Waals surface area (Å²) < 4.78 is 51.7. The first-order chi connectivity index (χ1) is 40.4. The smallest absolute Gasteiger partial charge is 0.312 e. The SMILES string of the molecule is CCO[C@H](C[C@H](C(C)C)N(C)C(=O)[C@@H](NC(=O)[C@H]1CCCCN1C)[C@@H](C)CC)c1nc(C(=O)NS(=O)(=O)Cc2cccc(NC(=O)[C@H](CCCNC(N)=O)NC(=O)[C@@H](NC(=O)CCOCCOCCOCCN3C(=O)C=CC3=O)C(C)C)c2)cs1. The highest BCUT2D eigenvalue weighted by Gasteiger charge is 2.37. The Balaban J connectivity index is 1.32. The number of hydrogen-bond donors (Lipinski definition) is 7. The van der Waals surface area contributed by atoms with Crippen LogP contribution in [0.1, 0.15) is 127 Å². The molecule has 10 amide bonds. The van der Waals surface area contributed by atoms with Gasteiger partial charge in [0.15, 0.2) is 0 Å². The van der Waals surface area contributed by atoms with Crippen molar-refractivity contribution in [1.29, 1.82) is 0 Å². The fourth-order valence-electron chi connectivity index (χ4n) is 9.56. The molecule has 3 heterocycles. The number of carbonyl (C=O) groups is 9. The molecule has 0 unspecified atom stereocenters. The van der Waals surface area contributed by atoms with Crippen LogP contribution in [-0.4, -0.2) is 192 Å². The number of imide groups is 1. The minimum atomic E-state index is -4.36. The number of piperidine rings is 1. The van der Waals surface area contributed by atoms with Gasteiger partial charge in [-0.05, 0) is 81.6 Å². The van der Waals surface area contributed by atoms with Crippen molar-refractivity contribution in [2.45, 2.75) is 142 Å².